The van der Waals surface area contributed by atoms with Gasteiger partial charge in [-0.05, 0) is 71.0 Å². The van der Waals surface area contributed by atoms with E-state index in [-0.39, 0.29) is 17.1 Å². The highest BCUT2D eigenvalue weighted by molar-refractivity contribution is 5.87. The number of alkyl halides is 3. The van der Waals surface area contributed by atoms with Gasteiger partial charge in [-0.2, -0.15) is 13.2 Å². The number of rotatable bonds is 8. The maximum atomic E-state index is 13.7. The molecular formula is C27H29F3O5. The fraction of sp³-hybridized carbons (Fsp3) is 0.370. The largest absolute Gasteiger partial charge is 0.497 e. The Morgan fingerprint density at radius 3 is 2.23 bits per heavy atom. The van der Waals surface area contributed by atoms with E-state index >= 15 is 0 Å². The second kappa shape index (κ2) is 9.32. The number of hydrogen-bond acceptors (Lipinski definition) is 5. The van der Waals surface area contributed by atoms with Crippen LogP contribution in [-0.2, 0) is 15.7 Å². The van der Waals surface area contributed by atoms with Crippen molar-refractivity contribution in [3.05, 3.63) is 60.2 Å². The van der Waals surface area contributed by atoms with E-state index in [9.17, 15) is 18.0 Å². The summed E-state index contributed by atoms with van der Waals surface area (Å²) in [5, 5.41) is 0.629. The number of esters is 1. The van der Waals surface area contributed by atoms with E-state index in [1.807, 2.05) is 13.8 Å². The molecule has 3 rings (SSSR count). The summed E-state index contributed by atoms with van der Waals surface area (Å²) in [5.74, 6) is 0.175. The van der Waals surface area contributed by atoms with Crippen molar-refractivity contribution >= 4 is 16.9 Å². The third kappa shape index (κ3) is 6.38. The van der Waals surface area contributed by atoms with Crippen molar-refractivity contribution < 1.29 is 36.6 Å². The number of carbonyl (C=O) groups is 1. The number of methoxy groups -OCH3 is 1. The van der Waals surface area contributed by atoms with Crippen LogP contribution in [0.25, 0.3) is 22.3 Å². The van der Waals surface area contributed by atoms with Crippen LogP contribution in [0.5, 0.6) is 11.5 Å². The molecule has 35 heavy (non-hydrogen) atoms. The number of furan rings is 1. The topological polar surface area (TPSA) is 57.9 Å². The molecule has 188 valence electrons. The molecule has 5 nitrogen and oxygen atoms in total. The zero-order valence-corrected chi connectivity index (χ0v) is 20.6. The van der Waals surface area contributed by atoms with Crippen molar-refractivity contribution in [3.8, 4) is 22.8 Å². The Labute approximate surface area is 202 Å². The fourth-order valence-electron chi connectivity index (χ4n) is 4.06. The zero-order valence-electron chi connectivity index (χ0n) is 20.6. The van der Waals surface area contributed by atoms with Gasteiger partial charge < -0.3 is 18.6 Å². The predicted molar refractivity (Wildman–Crippen MR) is 128 cm³/mol. The third-order valence-electron chi connectivity index (χ3n) is 5.25. The van der Waals surface area contributed by atoms with Crippen LogP contribution in [0.2, 0.25) is 0 Å². The molecule has 0 unspecified atom stereocenters. The number of hydrogen-bond donors (Lipinski definition) is 0. The minimum absolute atomic E-state index is 0.0826. The first-order chi connectivity index (χ1) is 16.1. The second-order valence-corrected chi connectivity index (χ2v) is 9.69. The van der Waals surface area contributed by atoms with Gasteiger partial charge in [0.25, 0.3) is 0 Å². The van der Waals surface area contributed by atoms with Gasteiger partial charge >= 0.3 is 12.1 Å². The molecule has 1 aromatic heterocycles. The van der Waals surface area contributed by atoms with E-state index in [0.717, 1.165) is 6.07 Å². The lowest BCUT2D eigenvalue weighted by Crippen LogP contribution is -2.40. The monoisotopic (exact) mass is 490 g/mol. The van der Waals surface area contributed by atoms with Crippen LogP contribution in [0.4, 0.5) is 13.2 Å². The quantitative estimate of drug-likeness (QED) is 0.241. The molecule has 0 saturated carbocycles. The standard InChI is InChI=1S/C27H29F3O5/c1-16(2)24(31)35-26(5,6)15-25(3,4)34-19-9-8-17-12-23(33-22(17)14-19)20-11-10-18(32-7)13-21(20)27(28,29)30/h8-14H,1,15H2,2-7H3. The van der Waals surface area contributed by atoms with Crippen molar-refractivity contribution in [2.24, 2.45) is 0 Å². The molecule has 0 fully saturated rings. The van der Waals surface area contributed by atoms with Crippen molar-refractivity contribution in [2.75, 3.05) is 7.11 Å². The van der Waals surface area contributed by atoms with Crippen LogP contribution in [0.1, 0.15) is 46.6 Å². The molecule has 0 atom stereocenters. The SMILES string of the molecule is C=C(C)C(=O)OC(C)(C)CC(C)(C)Oc1ccc2cc(-c3ccc(OC)cc3C(F)(F)F)oc2c1. The van der Waals surface area contributed by atoms with Crippen molar-refractivity contribution in [2.45, 2.75) is 58.4 Å². The van der Waals surface area contributed by atoms with Crippen molar-refractivity contribution in [1.29, 1.82) is 0 Å². The molecule has 0 spiro atoms. The highest BCUT2D eigenvalue weighted by Gasteiger charge is 2.36. The van der Waals surface area contributed by atoms with Gasteiger partial charge in [0.1, 0.15) is 34.0 Å². The van der Waals surface area contributed by atoms with Gasteiger partial charge in [0, 0.05) is 29.0 Å². The molecule has 0 amide bonds. The summed E-state index contributed by atoms with van der Waals surface area (Å²) < 4.78 is 63.4. The van der Waals surface area contributed by atoms with Crippen molar-refractivity contribution in [3.63, 3.8) is 0 Å². The molecule has 3 aromatic rings. The first kappa shape index (κ1) is 26.2. The molecular weight excluding hydrogens is 461 g/mol. The Balaban J connectivity index is 1.87. The molecule has 0 saturated heterocycles. The van der Waals surface area contributed by atoms with Crippen LogP contribution in [0, 0.1) is 0 Å². The summed E-state index contributed by atoms with van der Waals surface area (Å²) in [5.41, 5.74) is -1.80. The van der Waals surface area contributed by atoms with Gasteiger partial charge in [0.05, 0.1) is 12.7 Å². The van der Waals surface area contributed by atoms with E-state index in [2.05, 4.69) is 6.58 Å². The summed E-state index contributed by atoms with van der Waals surface area (Å²) >= 11 is 0. The van der Waals surface area contributed by atoms with Crippen molar-refractivity contribution in [1.82, 2.24) is 0 Å². The normalized spacial score (nSPS) is 12.5. The first-order valence-corrected chi connectivity index (χ1v) is 11.0. The van der Waals surface area contributed by atoms with Gasteiger partial charge in [-0.3, -0.25) is 0 Å². The lowest BCUT2D eigenvalue weighted by atomic mass is 9.92. The van der Waals surface area contributed by atoms with E-state index in [4.69, 9.17) is 18.6 Å². The zero-order chi connectivity index (χ0) is 26.2. The molecule has 0 aliphatic rings. The van der Waals surface area contributed by atoms with Gasteiger partial charge in [0.15, 0.2) is 0 Å². The summed E-state index contributed by atoms with van der Waals surface area (Å²) in [7, 11) is 1.31. The van der Waals surface area contributed by atoms with Crippen LogP contribution in [0.3, 0.4) is 0 Å². The van der Waals surface area contributed by atoms with Crippen LogP contribution >= 0.6 is 0 Å². The van der Waals surface area contributed by atoms with Gasteiger partial charge in [-0.25, -0.2) is 4.79 Å². The van der Waals surface area contributed by atoms with Crippen LogP contribution in [-0.4, -0.2) is 24.3 Å². The number of ether oxygens (including phenoxy) is 3. The molecule has 8 heteroatoms. The Bertz CT molecular complexity index is 1250. The first-order valence-electron chi connectivity index (χ1n) is 11.0. The maximum absolute atomic E-state index is 13.7. The smallest absolute Gasteiger partial charge is 0.417 e. The minimum atomic E-state index is -4.58. The van der Waals surface area contributed by atoms with E-state index < -0.39 is 28.9 Å². The average Bonchev–Trinajstić information content (AvgIpc) is 3.14. The number of carbonyl (C=O) groups excluding carboxylic acids is 1. The van der Waals surface area contributed by atoms with Crippen LogP contribution in [0.15, 0.2) is 59.0 Å². The second-order valence-electron chi connectivity index (χ2n) is 9.69. The lowest BCUT2D eigenvalue weighted by Gasteiger charge is -2.35. The summed E-state index contributed by atoms with van der Waals surface area (Å²) in [6, 6.07) is 10.4. The number of halogens is 3. The highest BCUT2D eigenvalue weighted by atomic mass is 19.4. The summed E-state index contributed by atoms with van der Waals surface area (Å²) in [6.45, 7) is 12.5. The molecule has 1 heterocycles. The fourth-order valence-corrected chi connectivity index (χ4v) is 4.06. The van der Waals surface area contributed by atoms with Crippen LogP contribution < -0.4 is 9.47 Å². The number of benzene rings is 2. The molecule has 0 aliphatic heterocycles. The molecule has 2 aromatic carbocycles. The lowest BCUT2D eigenvalue weighted by molar-refractivity contribution is -0.155. The molecule has 0 radical (unpaired) electrons. The number of fused-ring (bicyclic) bond motifs is 1. The van der Waals surface area contributed by atoms with Gasteiger partial charge in [-0.15, -0.1) is 0 Å². The molecule has 0 bridgehead atoms. The maximum Gasteiger partial charge on any atom is 0.417 e. The molecule has 0 N–H and O–H groups in total. The summed E-state index contributed by atoms with van der Waals surface area (Å²) in [6.07, 6.45) is -4.21. The van der Waals surface area contributed by atoms with E-state index in [1.165, 1.54) is 19.2 Å². The Morgan fingerprint density at radius 1 is 0.971 bits per heavy atom. The minimum Gasteiger partial charge on any atom is -0.497 e. The van der Waals surface area contributed by atoms with E-state index in [1.54, 1.807) is 45.0 Å². The third-order valence-corrected chi connectivity index (χ3v) is 5.25. The van der Waals surface area contributed by atoms with Gasteiger partial charge in [-0.1, -0.05) is 6.58 Å². The van der Waals surface area contributed by atoms with E-state index in [0.29, 0.717) is 28.7 Å². The predicted octanol–water partition coefficient (Wildman–Crippen LogP) is 7.57. The average molecular weight is 491 g/mol. The highest BCUT2D eigenvalue weighted by Crippen LogP contribution is 2.41. The summed E-state index contributed by atoms with van der Waals surface area (Å²) in [4.78, 5) is 11.9. The Morgan fingerprint density at radius 2 is 1.63 bits per heavy atom. The molecule has 0 aliphatic carbocycles. The van der Waals surface area contributed by atoms with Gasteiger partial charge in [0.2, 0.25) is 0 Å². The Kier molecular flexibility index (Phi) is 6.97. The Hall–Kier alpha value is -3.42.